The average molecular weight is 663 g/mol. The number of carbonyl (C=O) groups is 1. The van der Waals surface area contributed by atoms with Gasteiger partial charge in [0.05, 0.1) is 22.7 Å². The maximum atomic E-state index is 11.7. The Kier molecular flexibility index (Phi) is 8.80. The van der Waals surface area contributed by atoms with Crippen molar-refractivity contribution in [1.82, 2.24) is 9.55 Å². The third kappa shape index (κ3) is 6.41. The van der Waals surface area contributed by atoms with E-state index in [0.717, 1.165) is 55.6 Å². The van der Waals surface area contributed by atoms with Crippen LogP contribution in [0.25, 0.3) is 22.0 Å². The number of thioether (sulfide) groups is 1. The first-order valence-electron chi connectivity index (χ1n) is 15.1. The van der Waals surface area contributed by atoms with Crippen molar-refractivity contribution in [2.24, 2.45) is 0 Å². The molecule has 1 atom stereocenters. The number of rotatable bonds is 10. The number of aliphatic carboxylic acids is 1. The number of aromatic nitrogens is 2. The highest BCUT2D eigenvalue weighted by molar-refractivity contribution is 8.02. The minimum Gasteiger partial charge on any atom is -0.487 e. The van der Waals surface area contributed by atoms with E-state index in [1.54, 1.807) is 11.8 Å². The van der Waals surface area contributed by atoms with Crippen molar-refractivity contribution in [3.63, 3.8) is 0 Å². The van der Waals surface area contributed by atoms with Crippen molar-refractivity contribution in [1.29, 1.82) is 0 Å². The largest absolute Gasteiger partial charge is 0.487 e. The monoisotopic (exact) mass is 662 g/mol. The Labute approximate surface area is 281 Å². The molecule has 4 aromatic carbocycles. The molecule has 0 amide bonds. The summed E-state index contributed by atoms with van der Waals surface area (Å²) in [5.41, 5.74) is 7.37. The number of hydrogen-bond donors (Lipinski definition) is 1. The summed E-state index contributed by atoms with van der Waals surface area (Å²) >= 11 is 9.75. The smallest absolute Gasteiger partial charge is 0.307 e. The van der Waals surface area contributed by atoms with Gasteiger partial charge < -0.3 is 14.4 Å². The van der Waals surface area contributed by atoms with E-state index >= 15 is 0 Å². The lowest BCUT2D eigenvalue weighted by Gasteiger charge is -2.22. The van der Waals surface area contributed by atoms with Crippen LogP contribution >= 0.6 is 35.1 Å². The molecule has 2 aromatic heterocycles. The summed E-state index contributed by atoms with van der Waals surface area (Å²) in [5, 5.41) is 13.0. The Balaban J connectivity index is 1.27. The highest BCUT2D eigenvalue weighted by atomic mass is 35.5. The fourth-order valence-electron chi connectivity index (χ4n) is 5.92. The number of nitrogens with zero attached hydrogens (tertiary/aromatic N) is 2. The van der Waals surface area contributed by atoms with Gasteiger partial charge in [-0.1, -0.05) is 97.0 Å². The molecule has 1 N–H and O–H groups in total. The Morgan fingerprint density at radius 1 is 0.978 bits per heavy atom. The molecule has 1 aliphatic heterocycles. The summed E-state index contributed by atoms with van der Waals surface area (Å²) in [6.45, 7) is 3.28. The average Bonchev–Trinajstić information content (AvgIpc) is 3.35. The van der Waals surface area contributed by atoms with Crippen molar-refractivity contribution < 1.29 is 14.6 Å². The van der Waals surface area contributed by atoms with Gasteiger partial charge in [-0.05, 0) is 59.5 Å². The number of pyridine rings is 1. The van der Waals surface area contributed by atoms with Crippen LogP contribution in [0, 0.1) is 0 Å². The van der Waals surface area contributed by atoms with E-state index in [1.807, 2.05) is 78.6 Å². The van der Waals surface area contributed by atoms with Gasteiger partial charge >= 0.3 is 5.97 Å². The summed E-state index contributed by atoms with van der Waals surface area (Å²) in [6, 6.07) is 34.4. The molecular weight excluding hydrogens is 632 g/mol. The predicted molar refractivity (Wildman–Crippen MR) is 187 cm³/mol. The van der Waals surface area contributed by atoms with E-state index in [2.05, 4.69) is 54.0 Å². The van der Waals surface area contributed by atoms with Gasteiger partial charge in [0.1, 0.15) is 12.4 Å². The van der Waals surface area contributed by atoms with Gasteiger partial charge in [0.2, 0.25) is 0 Å². The zero-order chi connectivity index (χ0) is 31.6. The van der Waals surface area contributed by atoms with Crippen molar-refractivity contribution in [3.8, 4) is 16.9 Å². The minimum absolute atomic E-state index is 0.0247. The maximum absolute atomic E-state index is 11.7. The van der Waals surface area contributed by atoms with Crippen molar-refractivity contribution in [2.75, 3.05) is 0 Å². The topological polar surface area (TPSA) is 64.3 Å². The van der Waals surface area contributed by atoms with Crippen LogP contribution in [0.1, 0.15) is 29.3 Å². The zero-order valence-electron chi connectivity index (χ0n) is 25.2. The SMILES string of the molecule is CC1Cc2c(OCc3ccc(-c4ccccc4)cn3)ccc3c2c(c(Sc2ccccc2CC(=O)O)n3Cc2ccc(Cl)cc2)S1. The van der Waals surface area contributed by atoms with Gasteiger partial charge in [0, 0.05) is 49.3 Å². The highest BCUT2D eigenvalue weighted by Gasteiger charge is 2.30. The van der Waals surface area contributed by atoms with Crippen molar-refractivity contribution >= 4 is 52.0 Å². The molecule has 7 rings (SSSR count). The van der Waals surface area contributed by atoms with Crippen LogP contribution in [-0.4, -0.2) is 25.9 Å². The molecule has 8 heteroatoms. The van der Waals surface area contributed by atoms with Crippen molar-refractivity contribution in [3.05, 3.63) is 137 Å². The number of hydrogen-bond acceptors (Lipinski definition) is 5. The van der Waals surface area contributed by atoms with Crippen LogP contribution in [0.5, 0.6) is 5.75 Å². The van der Waals surface area contributed by atoms with E-state index in [0.29, 0.717) is 23.4 Å². The molecule has 0 spiro atoms. The third-order valence-electron chi connectivity index (χ3n) is 8.10. The molecule has 230 valence electrons. The molecular formula is C38H31ClN2O3S2. The molecule has 0 saturated heterocycles. The lowest BCUT2D eigenvalue weighted by molar-refractivity contribution is -0.136. The van der Waals surface area contributed by atoms with Gasteiger partial charge in [-0.3, -0.25) is 9.78 Å². The lowest BCUT2D eigenvalue weighted by atomic mass is 10.0. The molecule has 0 bridgehead atoms. The summed E-state index contributed by atoms with van der Waals surface area (Å²) < 4.78 is 8.86. The molecule has 0 radical (unpaired) electrons. The Bertz CT molecular complexity index is 2030. The molecule has 6 aromatic rings. The predicted octanol–water partition coefficient (Wildman–Crippen LogP) is 9.80. The van der Waals surface area contributed by atoms with Gasteiger partial charge in [0.25, 0.3) is 0 Å². The fraction of sp³-hybridized carbons (Fsp3) is 0.158. The molecule has 0 fully saturated rings. The van der Waals surface area contributed by atoms with Crippen LogP contribution in [0.4, 0.5) is 0 Å². The van der Waals surface area contributed by atoms with Crippen LogP contribution in [0.3, 0.4) is 0 Å². The minimum atomic E-state index is -0.840. The first-order chi connectivity index (χ1) is 22.4. The molecule has 1 aliphatic rings. The van der Waals surface area contributed by atoms with Gasteiger partial charge in [0.15, 0.2) is 0 Å². The van der Waals surface area contributed by atoms with Crippen LogP contribution in [-0.2, 0) is 30.8 Å². The second-order valence-electron chi connectivity index (χ2n) is 11.4. The second-order valence-corrected chi connectivity index (χ2v) is 14.3. The van der Waals surface area contributed by atoms with Crippen LogP contribution in [0.2, 0.25) is 5.02 Å². The van der Waals surface area contributed by atoms with Crippen molar-refractivity contribution in [2.45, 2.75) is 53.0 Å². The van der Waals surface area contributed by atoms with Gasteiger partial charge in [-0.25, -0.2) is 0 Å². The van der Waals surface area contributed by atoms with Gasteiger partial charge in [-0.15, -0.1) is 11.8 Å². The first kappa shape index (κ1) is 30.5. The Morgan fingerprint density at radius 2 is 1.76 bits per heavy atom. The summed E-state index contributed by atoms with van der Waals surface area (Å²) in [6.07, 6.45) is 2.76. The summed E-state index contributed by atoms with van der Waals surface area (Å²) in [5.74, 6) is 0.0358. The highest BCUT2D eigenvalue weighted by Crippen LogP contribution is 2.51. The van der Waals surface area contributed by atoms with E-state index in [-0.39, 0.29) is 6.42 Å². The van der Waals surface area contributed by atoms with E-state index in [1.165, 1.54) is 15.8 Å². The molecule has 3 heterocycles. The fourth-order valence-corrected chi connectivity index (χ4v) is 8.62. The van der Waals surface area contributed by atoms with E-state index in [9.17, 15) is 9.90 Å². The van der Waals surface area contributed by atoms with E-state index < -0.39 is 5.97 Å². The number of carboxylic acid groups (broad SMARTS) is 1. The molecule has 46 heavy (non-hydrogen) atoms. The summed E-state index contributed by atoms with van der Waals surface area (Å²) in [7, 11) is 0. The number of halogens is 1. The quantitative estimate of drug-likeness (QED) is 0.158. The lowest BCUT2D eigenvalue weighted by Crippen LogP contribution is -2.09. The number of carboxylic acids is 1. The first-order valence-corrected chi connectivity index (χ1v) is 17.2. The normalized spacial score (nSPS) is 14.0. The molecule has 1 unspecified atom stereocenters. The number of benzene rings is 4. The molecule has 5 nitrogen and oxygen atoms in total. The van der Waals surface area contributed by atoms with Crippen LogP contribution < -0.4 is 4.74 Å². The zero-order valence-corrected chi connectivity index (χ0v) is 27.5. The Hall–Kier alpha value is -4.17. The number of ether oxygens (including phenoxy) is 1. The third-order valence-corrected chi connectivity index (χ3v) is 10.9. The van der Waals surface area contributed by atoms with Crippen LogP contribution in [0.15, 0.2) is 124 Å². The maximum Gasteiger partial charge on any atom is 0.307 e. The standard InChI is InChI=1S/C38H31ClN2O3S2/c1-24-19-31-33(44-23-30-16-13-28(21-40-30)26-7-3-2-4-8-26)18-17-32-36(31)37(45-24)38(41(32)22-25-11-14-29(39)15-12-25)46-34-10-6-5-9-27(34)20-35(42)43/h2-18,21,24H,19-20,22-23H2,1H3,(H,42,43). The Morgan fingerprint density at radius 3 is 2.52 bits per heavy atom. The summed E-state index contributed by atoms with van der Waals surface area (Å²) in [4.78, 5) is 18.6. The second kappa shape index (κ2) is 13.3. The molecule has 0 saturated carbocycles. The van der Waals surface area contributed by atoms with Gasteiger partial charge in [-0.2, -0.15) is 0 Å². The van der Waals surface area contributed by atoms with E-state index in [4.69, 9.17) is 21.3 Å². The molecule has 0 aliphatic carbocycles.